The predicted octanol–water partition coefficient (Wildman–Crippen LogP) is 3.06. The zero-order chi connectivity index (χ0) is 10.9. The Bertz CT molecular complexity index is 384. The van der Waals surface area contributed by atoms with E-state index in [9.17, 15) is 14.9 Å². The fourth-order valence-electron chi connectivity index (χ4n) is 0.947. The normalized spacial score (nSPS) is 9.93. The summed E-state index contributed by atoms with van der Waals surface area (Å²) >= 11 is 7.56. The Hall–Kier alpha value is -0.690. The highest BCUT2D eigenvalue weighted by Crippen LogP contribution is 2.28. The Morgan fingerprint density at radius 2 is 2.14 bits per heavy atom. The first-order valence-electron chi connectivity index (χ1n) is 3.58. The minimum absolute atomic E-state index is 0.0970. The van der Waals surface area contributed by atoms with Crippen LogP contribution in [0.2, 0.25) is 5.02 Å². The number of benzene rings is 1. The third-order valence-electron chi connectivity index (χ3n) is 1.61. The molecule has 0 aliphatic heterocycles. The third kappa shape index (κ3) is 2.21. The van der Waals surface area contributed by atoms with E-state index in [1.54, 1.807) is 22.6 Å². The second kappa shape index (κ2) is 4.22. The van der Waals surface area contributed by atoms with Crippen molar-refractivity contribution in [3.05, 3.63) is 36.4 Å². The van der Waals surface area contributed by atoms with E-state index in [1.165, 1.54) is 19.1 Å². The van der Waals surface area contributed by atoms with E-state index in [1.807, 2.05) is 0 Å². The van der Waals surface area contributed by atoms with E-state index >= 15 is 0 Å². The molecule has 74 valence electrons. The molecule has 4 nitrogen and oxygen atoms in total. The summed E-state index contributed by atoms with van der Waals surface area (Å²) < 4.78 is 0.419. The molecule has 0 atom stereocenters. The number of Topliss-reactive ketones (excluding diaryl/α,β-unsaturated/α-hetero) is 1. The molecule has 0 radical (unpaired) electrons. The summed E-state index contributed by atoms with van der Waals surface area (Å²) in [5, 5.41) is 10.8. The average Bonchev–Trinajstić information content (AvgIpc) is 2.02. The smallest absolute Gasteiger partial charge is 0.283 e. The molecule has 0 spiro atoms. The van der Waals surface area contributed by atoms with Crippen molar-refractivity contribution in [2.24, 2.45) is 0 Å². The lowest BCUT2D eigenvalue weighted by Crippen LogP contribution is -1.98. The van der Waals surface area contributed by atoms with Gasteiger partial charge in [-0.3, -0.25) is 14.9 Å². The molecule has 0 aliphatic rings. The van der Waals surface area contributed by atoms with Crippen molar-refractivity contribution in [2.75, 3.05) is 0 Å². The first-order valence-corrected chi connectivity index (χ1v) is 5.03. The monoisotopic (exact) mass is 325 g/mol. The number of hydrogen-bond donors (Lipinski definition) is 0. The van der Waals surface area contributed by atoms with Crippen LogP contribution >= 0.6 is 34.2 Å². The van der Waals surface area contributed by atoms with Crippen molar-refractivity contribution in [3.8, 4) is 0 Å². The first-order chi connectivity index (χ1) is 6.43. The number of carbonyl (C=O) groups excluding carboxylic acids is 1. The number of nitro benzene ring substituents is 1. The molecule has 0 bridgehead atoms. The maximum Gasteiger partial charge on any atom is 0.283 e. The van der Waals surface area contributed by atoms with Crippen molar-refractivity contribution in [1.82, 2.24) is 0 Å². The molecule has 1 aromatic carbocycles. The lowest BCUT2D eigenvalue weighted by atomic mass is 10.1. The number of nitrogens with zero attached hydrogens (tertiary/aromatic N) is 1. The van der Waals surface area contributed by atoms with Crippen LogP contribution < -0.4 is 0 Å². The van der Waals surface area contributed by atoms with Gasteiger partial charge in [0, 0.05) is 11.6 Å². The molecule has 0 fully saturated rings. The molecule has 0 unspecified atom stereocenters. The van der Waals surface area contributed by atoms with Crippen LogP contribution in [0.4, 0.5) is 5.69 Å². The summed E-state index contributed by atoms with van der Waals surface area (Å²) in [6.45, 7) is 1.32. The quantitative estimate of drug-likeness (QED) is 0.363. The van der Waals surface area contributed by atoms with Gasteiger partial charge < -0.3 is 0 Å². The first kappa shape index (κ1) is 11.4. The van der Waals surface area contributed by atoms with E-state index in [-0.39, 0.29) is 22.1 Å². The predicted molar refractivity (Wildman–Crippen MR) is 60.8 cm³/mol. The molecule has 0 heterocycles. The summed E-state index contributed by atoms with van der Waals surface area (Å²) in [4.78, 5) is 21.1. The lowest BCUT2D eigenvalue weighted by molar-refractivity contribution is -0.385. The van der Waals surface area contributed by atoms with Gasteiger partial charge in [-0.1, -0.05) is 11.6 Å². The van der Waals surface area contributed by atoms with Crippen LogP contribution in [-0.4, -0.2) is 10.7 Å². The summed E-state index contributed by atoms with van der Waals surface area (Å²) in [5.74, 6) is -0.283. The molecule has 0 amide bonds. The van der Waals surface area contributed by atoms with Crippen molar-refractivity contribution < 1.29 is 9.72 Å². The van der Waals surface area contributed by atoms with E-state index in [2.05, 4.69) is 0 Å². The van der Waals surface area contributed by atoms with Gasteiger partial charge in [0.25, 0.3) is 5.69 Å². The molecule has 0 N–H and O–H groups in total. The molecular weight excluding hydrogens is 320 g/mol. The lowest BCUT2D eigenvalue weighted by Gasteiger charge is -2.01. The molecule has 0 saturated heterocycles. The summed E-state index contributed by atoms with van der Waals surface area (Å²) in [5.41, 5.74) is 0.0824. The molecule has 1 aromatic rings. The maximum absolute atomic E-state index is 11.0. The molecule has 1 rings (SSSR count). The number of hydrogen-bond acceptors (Lipinski definition) is 3. The highest BCUT2D eigenvalue weighted by Gasteiger charge is 2.17. The SMILES string of the molecule is CC(=O)c1cc([N+](=O)[O-])c(I)cc1Cl. The van der Waals surface area contributed by atoms with Gasteiger partial charge >= 0.3 is 0 Å². The zero-order valence-electron chi connectivity index (χ0n) is 7.08. The fraction of sp³-hybridized carbons (Fsp3) is 0.125. The van der Waals surface area contributed by atoms with E-state index in [0.717, 1.165) is 0 Å². The van der Waals surface area contributed by atoms with Gasteiger partial charge in [-0.05, 0) is 35.6 Å². The van der Waals surface area contributed by atoms with Gasteiger partial charge in [0.2, 0.25) is 0 Å². The Morgan fingerprint density at radius 3 is 2.57 bits per heavy atom. The molecule has 0 saturated carbocycles. The second-order valence-electron chi connectivity index (χ2n) is 2.60. The molecule has 14 heavy (non-hydrogen) atoms. The number of halogens is 2. The average molecular weight is 325 g/mol. The number of nitro groups is 1. The molecule has 0 aliphatic carbocycles. The molecule has 0 aromatic heterocycles. The summed E-state index contributed by atoms with van der Waals surface area (Å²) in [7, 11) is 0. The van der Waals surface area contributed by atoms with Crippen molar-refractivity contribution >= 4 is 45.7 Å². The molecule has 6 heteroatoms. The van der Waals surface area contributed by atoms with Crippen LogP contribution in [0, 0.1) is 13.7 Å². The van der Waals surface area contributed by atoms with Crippen molar-refractivity contribution in [2.45, 2.75) is 6.92 Å². The highest BCUT2D eigenvalue weighted by molar-refractivity contribution is 14.1. The minimum atomic E-state index is -0.537. The van der Waals surface area contributed by atoms with Gasteiger partial charge in [-0.2, -0.15) is 0 Å². The van der Waals surface area contributed by atoms with Crippen LogP contribution in [0.15, 0.2) is 12.1 Å². The van der Waals surface area contributed by atoms with Crippen LogP contribution in [0.3, 0.4) is 0 Å². The topological polar surface area (TPSA) is 60.2 Å². The van der Waals surface area contributed by atoms with Crippen molar-refractivity contribution in [3.63, 3.8) is 0 Å². The van der Waals surface area contributed by atoms with E-state index < -0.39 is 4.92 Å². The summed E-state index contributed by atoms with van der Waals surface area (Å²) in [6, 6.07) is 2.61. The number of ketones is 1. The van der Waals surface area contributed by atoms with Gasteiger partial charge in [0.05, 0.1) is 13.5 Å². The second-order valence-corrected chi connectivity index (χ2v) is 4.17. The minimum Gasteiger partial charge on any atom is -0.294 e. The largest absolute Gasteiger partial charge is 0.294 e. The summed E-state index contributed by atoms with van der Waals surface area (Å²) in [6.07, 6.45) is 0. The van der Waals surface area contributed by atoms with E-state index in [0.29, 0.717) is 3.57 Å². The van der Waals surface area contributed by atoms with Gasteiger partial charge in [-0.15, -0.1) is 0 Å². The number of rotatable bonds is 2. The van der Waals surface area contributed by atoms with Crippen LogP contribution in [0.5, 0.6) is 0 Å². The Labute approximate surface area is 98.5 Å². The van der Waals surface area contributed by atoms with Crippen LogP contribution in [0.25, 0.3) is 0 Å². The van der Waals surface area contributed by atoms with Crippen LogP contribution in [-0.2, 0) is 0 Å². The maximum atomic E-state index is 11.0. The Morgan fingerprint density at radius 1 is 1.57 bits per heavy atom. The van der Waals surface area contributed by atoms with Crippen molar-refractivity contribution in [1.29, 1.82) is 0 Å². The highest BCUT2D eigenvalue weighted by atomic mass is 127. The Kier molecular flexibility index (Phi) is 3.43. The number of carbonyl (C=O) groups is 1. The van der Waals surface area contributed by atoms with Gasteiger partial charge in [-0.25, -0.2) is 0 Å². The van der Waals surface area contributed by atoms with Gasteiger partial charge in [0.1, 0.15) is 0 Å². The Balaban J connectivity index is 3.42. The van der Waals surface area contributed by atoms with Gasteiger partial charge in [0.15, 0.2) is 5.78 Å². The van der Waals surface area contributed by atoms with E-state index in [4.69, 9.17) is 11.6 Å². The van der Waals surface area contributed by atoms with Crippen LogP contribution in [0.1, 0.15) is 17.3 Å². The zero-order valence-corrected chi connectivity index (χ0v) is 10.00. The fourth-order valence-corrected chi connectivity index (χ4v) is 2.09. The standard InChI is InChI=1S/C8H5ClINO3/c1-4(12)5-2-8(11(13)14)7(10)3-6(5)9/h2-3H,1H3. The molecular formula is C8H5ClINO3. The third-order valence-corrected chi connectivity index (χ3v) is 2.79.